The van der Waals surface area contributed by atoms with Crippen molar-refractivity contribution in [1.82, 2.24) is 0 Å². The van der Waals surface area contributed by atoms with Gasteiger partial charge in [-0.05, 0) is 0 Å². The number of nitriles is 1. The van der Waals surface area contributed by atoms with Gasteiger partial charge in [0.05, 0.1) is 0 Å². The van der Waals surface area contributed by atoms with E-state index in [1.165, 1.54) is 7.13 Å². The van der Waals surface area contributed by atoms with Crippen LogP contribution in [-0.2, 0) is 0 Å². The Kier molecular flexibility index (Phi) is 2.33. The summed E-state index contributed by atoms with van der Waals surface area (Å²) in [6.07, 6.45) is 0. The van der Waals surface area contributed by atoms with E-state index in [9.17, 15) is 0 Å². The summed E-state index contributed by atoms with van der Waals surface area (Å²) in [5, 5.41) is 8.79. The summed E-state index contributed by atoms with van der Waals surface area (Å²) in [6.45, 7) is 0. The predicted molar refractivity (Wildman–Crippen MR) is 51.3 cm³/mol. The average Bonchev–Trinajstić information content (AvgIpc) is 2.71. The van der Waals surface area contributed by atoms with Crippen LogP contribution in [-0.4, -0.2) is 7.13 Å². The number of ether oxygens (including phenoxy) is 1. The Balaban J connectivity index is 2.30. The molecule has 14 heavy (non-hydrogen) atoms. The van der Waals surface area contributed by atoms with Crippen LogP contribution in [0.25, 0.3) is 0 Å². The molecule has 2 rings (SSSR count). The van der Waals surface area contributed by atoms with Crippen LogP contribution in [0.15, 0.2) is 40.6 Å². The molecular formula is C10H6BNO2. The SMILES string of the molecule is N#Cc1ccccc1Oc1ccbo1. The zero-order valence-corrected chi connectivity index (χ0v) is 7.31. The first-order chi connectivity index (χ1) is 6.90. The van der Waals surface area contributed by atoms with Crippen molar-refractivity contribution < 1.29 is 9.07 Å². The van der Waals surface area contributed by atoms with E-state index in [1.807, 2.05) is 6.07 Å². The van der Waals surface area contributed by atoms with Crippen LogP contribution in [0.5, 0.6) is 11.7 Å². The molecule has 0 radical (unpaired) electrons. The van der Waals surface area contributed by atoms with E-state index < -0.39 is 0 Å². The molecule has 0 aliphatic carbocycles. The van der Waals surface area contributed by atoms with Gasteiger partial charge in [0.2, 0.25) is 0 Å². The summed E-state index contributed by atoms with van der Waals surface area (Å²) in [5.41, 5.74) is 0.490. The minimum absolute atomic E-state index is 0.382. The van der Waals surface area contributed by atoms with Crippen LogP contribution in [0.1, 0.15) is 5.56 Å². The van der Waals surface area contributed by atoms with Crippen molar-refractivity contribution in [3.8, 4) is 17.8 Å². The molecule has 66 valence electrons. The fourth-order valence-electron chi connectivity index (χ4n) is 1.08. The van der Waals surface area contributed by atoms with Crippen LogP contribution in [0.2, 0.25) is 0 Å². The molecule has 1 aromatic carbocycles. The molecule has 0 saturated carbocycles. The molecule has 4 heteroatoms. The van der Waals surface area contributed by atoms with Gasteiger partial charge in [0, 0.05) is 0 Å². The number of para-hydroxylation sites is 1. The molecule has 0 bridgehead atoms. The second-order valence-electron chi connectivity index (χ2n) is 2.64. The van der Waals surface area contributed by atoms with Gasteiger partial charge in [-0.3, -0.25) is 0 Å². The molecule has 0 aliphatic heterocycles. The number of rotatable bonds is 2. The first-order valence-electron chi connectivity index (χ1n) is 4.10. The van der Waals surface area contributed by atoms with E-state index in [-0.39, 0.29) is 0 Å². The van der Waals surface area contributed by atoms with Crippen molar-refractivity contribution in [2.24, 2.45) is 0 Å². The van der Waals surface area contributed by atoms with Crippen LogP contribution in [0.3, 0.4) is 0 Å². The predicted octanol–water partition coefficient (Wildman–Crippen LogP) is 2.28. The summed E-state index contributed by atoms with van der Waals surface area (Å²) in [4.78, 5) is 0. The van der Waals surface area contributed by atoms with Gasteiger partial charge < -0.3 is 0 Å². The average molecular weight is 183 g/mol. The zero-order valence-electron chi connectivity index (χ0n) is 7.31. The molecule has 1 aromatic heterocycles. The first kappa shape index (κ1) is 8.58. The topological polar surface area (TPSA) is 46.2 Å². The normalized spacial score (nSPS) is 9.07. The Hall–Kier alpha value is -2.02. The quantitative estimate of drug-likeness (QED) is 0.717. The van der Waals surface area contributed by atoms with Gasteiger partial charge in [0.25, 0.3) is 0 Å². The Morgan fingerprint density at radius 3 is 2.86 bits per heavy atom. The third kappa shape index (κ3) is 1.67. The first-order valence-corrected chi connectivity index (χ1v) is 4.10. The summed E-state index contributed by atoms with van der Waals surface area (Å²) in [5.74, 6) is 2.61. The van der Waals surface area contributed by atoms with E-state index in [0.29, 0.717) is 17.3 Å². The van der Waals surface area contributed by atoms with Crippen LogP contribution >= 0.6 is 0 Å². The van der Waals surface area contributed by atoms with Crippen molar-refractivity contribution in [3.05, 3.63) is 41.9 Å². The molecule has 0 fully saturated rings. The van der Waals surface area contributed by atoms with Crippen LogP contribution < -0.4 is 4.74 Å². The van der Waals surface area contributed by atoms with Gasteiger partial charge >= 0.3 is 81.1 Å². The standard InChI is InChI=1S/C10H6BNO2/c12-7-8-3-1-2-4-9(8)13-10-5-6-11-14-10/h1-6H. The monoisotopic (exact) mass is 183 g/mol. The second-order valence-corrected chi connectivity index (χ2v) is 2.64. The Bertz CT molecular complexity index is 459. The van der Waals surface area contributed by atoms with Crippen molar-refractivity contribution in [2.45, 2.75) is 0 Å². The maximum atomic E-state index is 8.79. The number of nitrogens with zero attached hydrogens (tertiary/aromatic N) is 1. The number of hydrogen-bond acceptors (Lipinski definition) is 3. The molecular weight excluding hydrogens is 177 g/mol. The van der Waals surface area contributed by atoms with Crippen LogP contribution in [0, 0.1) is 11.3 Å². The maximum absolute atomic E-state index is 8.79. The van der Waals surface area contributed by atoms with Crippen LogP contribution in [0.4, 0.5) is 0 Å². The fourth-order valence-corrected chi connectivity index (χ4v) is 1.08. The molecule has 0 spiro atoms. The minimum atomic E-state index is 0.382. The van der Waals surface area contributed by atoms with E-state index in [4.69, 9.17) is 14.3 Å². The summed E-state index contributed by atoms with van der Waals surface area (Å²) in [7, 11) is 1.52. The molecule has 0 atom stereocenters. The van der Waals surface area contributed by atoms with Gasteiger partial charge in [0.15, 0.2) is 0 Å². The third-order valence-corrected chi connectivity index (χ3v) is 1.71. The second kappa shape index (κ2) is 3.80. The van der Waals surface area contributed by atoms with Crippen molar-refractivity contribution >= 4 is 7.13 Å². The summed E-state index contributed by atoms with van der Waals surface area (Å²) < 4.78 is 10.4. The van der Waals surface area contributed by atoms with Crippen molar-refractivity contribution in [1.29, 1.82) is 5.26 Å². The molecule has 0 aliphatic rings. The van der Waals surface area contributed by atoms with Crippen molar-refractivity contribution in [3.63, 3.8) is 0 Å². The molecule has 2 aromatic rings. The van der Waals surface area contributed by atoms with Gasteiger partial charge in [-0.2, -0.15) is 0 Å². The van der Waals surface area contributed by atoms with E-state index in [1.54, 1.807) is 36.3 Å². The summed E-state index contributed by atoms with van der Waals surface area (Å²) >= 11 is 0. The number of hydrogen-bond donors (Lipinski definition) is 0. The van der Waals surface area contributed by atoms with Gasteiger partial charge in [-0.1, -0.05) is 0 Å². The van der Waals surface area contributed by atoms with Crippen molar-refractivity contribution in [2.75, 3.05) is 0 Å². The molecule has 0 amide bonds. The molecule has 1 heterocycles. The third-order valence-electron chi connectivity index (χ3n) is 1.71. The van der Waals surface area contributed by atoms with Gasteiger partial charge in [-0.25, -0.2) is 0 Å². The Morgan fingerprint density at radius 2 is 2.14 bits per heavy atom. The zero-order chi connectivity index (χ0) is 9.80. The molecule has 0 N–H and O–H groups in total. The van der Waals surface area contributed by atoms with E-state index >= 15 is 0 Å². The molecule has 3 nitrogen and oxygen atoms in total. The van der Waals surface area contributed by atoms with Gasteiger partial charge in [-0.15, -0.1) is 0 Å². The van der Waals surface area contributed by atoms with Gasteiger partial charge in [0.1, 0.15) is 0 Å². The molecule has 0 saturated heterocycles. The molecule has 0 unspecified atom stereocenters. The van der Waals surface area contributed by atoms with E-state index in [2.05, 4.69) is 0 Å². The fraction of sp³-hybridized carbons (Fsp3) is 0. The summed E-state index contributed by atoms with van der Waals surface area (Å²) in [6, 6.07) is 10.7. The van der Waals surface area contributed by atoms with E-state index in [0.717, 1.165) is 0 Å². The Morgan fingerprint density at radius 1 is 1.29 bits per heavy atom. The number of benzene rings is 1. The Labute approximate surface area is 81.8 Å².